The van der Waals surface area contributed by atoms with Gasteiger partial charge in [0, 0.05) is 28.9 Å². The number of nitrogens with one attached hydrogen (secondary N) is 1. The minimum absolute atomic E-state index is 0.409. The quantitative estimate of drug-likeness (QED) is 0.660. The van der Waals surface area contributed by atoms with Crippen LogP contribution in [-0.2, 0) is 11.2 Å². The van der Waals surface area contributed by atoms with Gasteiger partial charge < -0.3 is 9.78 Å². The van der Waals surface area contributed by atoms with Crippen molar-refractivity contribution in [3.8, 4) is 0 Å². The maximum atomic E-state index is 10.6. The molecule has 0 aliphatic rings. The summed E-state index contributed by atoms with van der Waals surface area (Å²) in [6, 6.07) is 8.08. The molecule has 0 aliphatic heterocycles. The van der Waals surface area contributed by atoms with Crippen molar-refractivity contribution < 1.29 is 4.79 Å². The number of aromatic nitrogens is 2. The first-order valence-corrected chi connectivity index (χ1v) is 5.17. The van der Waals surface area contributed by atoms with Crippen molar-refractivity contribution in [2.24, 2.45) is 0 Å². The summed E-state index contributed by atoms with van der Waals surface area (Å²) in [5.41, 5.74) is 3.04. The lowest BCUT2D eigenvalue weighted by molar-refractivity contribution is -0.107. The minimum Gasteiger partial charge on any atom is -0.353 e. The van der Waals surface area contributed by atoms with Crippen molar-refractivity contribution in [1.29, 1.82) is 0 Å². The second-order valence-corrected chi connectivity index (χ2v) is 3.76. The van der Waals surface area contributed by atoms with Gasteiger partial charge in [0.15, 0.2) is 0 Å². The van der Waals surface area contributed by atoms with E-state index in [1.54, 1.807) is 12.4 Å². The van der Waals surface area contributed by atoms with Gasteiger partial charge in [-0.05, 0) is 11.6 Å². The summed E-state index contributed by atoms with van der Waals surface area (Å²) in [5.74, 6) is 0. The van der Waals surface area contributed by atoms with Gasteiger partial charge in [-0.15, -0.1) is 0 Å². The lowest BCUT2D eigenvalue weighted by atomic mass is 10.1. The lowest BCUT2D eigenvalue weighted by Gasteiger charge is -1.97. The molecule has 3 nitrogen and oxygen atoms in total. The highest BCUT2D eigenvalue weighted by molar-refractivity contribution is 6.08. The largest absolute Gasteiger partial charge is 0.353 e. The summed E-state index contributed by atoms with van der Waals surface area (Å²) in [5, 5.41) is 2.26. The molecule has 0 saturated heterocycles. The zero-order chi connectivity index (χ0) is 11.0. The van der Waals surface area contributed by atoms with E-state index in [0.29, 0.717) is 6.42 Å². The van der Waals surface area contributed by atoms with Crippen LogP contribution in [0.4, 0.5) is 0 Å². The van der Waals surface area contributed by atoms with E-state index < -0.39 is 0 Å². The second kappa shape index (κ2) is 3.45. The summed E-state index contributed by atoms with van der Waals surface area (Å²) in [4.78, 5) is 18.1. The molecular weight excluding hydrogens is 200 g/mol. The van der Waals surface area contributed by atoms with Crippen LogP contribution < -0.4 is 0 Å². The van der Waals surface area contributed by atoms with Gasteiger partial charge in [0.1, 0.15) is 6.29 Å². The van der Waals surface area contributed by atoms with Crippen LogP contribution in [0.25, 0.3) is 21.8 Å². The van der Waals surface area contributed by atoms with Crippen LogP contribution in [0.2, 0.25) is 0 Å². The maximum Gasteiger partial charge on any atom is 0.124 e. The molecule has 2 heterocycles. The number of carbonyl (C=O) groups excluding carboxylic acids is 1. The first-order valence-electron chi connectivity index (χ1n) is 5.17. The minimum atomic E-state index is 0.409. The van der Waals surface area contributed by atoms with Gasteiger partial charge in [-0.25, -0.2) is 0 Å². The van der Waals surface area contributed by atoms with E-state index in [2.05, 4.69) is 16.0 Å². The fraction of sp³-hybridized carbons (Fsp3) is 0.0769. The third-order valence-electron chi connectivity index (χ3n) is 2.79. The fourth-order valence-corrected chi connectivity index (χ4v) is 2.12. The number of hydrogen-bond donors (Lipinski definition) is 1. The van der Waals surface area contributed by atoms with E-state index in [-0.39, 0.29) is 0 Å². The van der Waals surface area contributed by atoms with Crippen LogP contribution in [0.5, 0.6) is 0 Å². The molecule has 1 N–H and O–H groups in total. The fourth-order valence-electron chi connectivity index (χ4n) is 2.12. The van der Waals surface area contributed by atoms with Gasteiger partial charge in [-0.1, -0.05) is 18.2 Å². The highest BCUT2D eigenvalue weighted by atomic mass is 16.1. The number of aldehydes is 1. The first kappa shape index (κ1) is 9.09. The Labute approximate surface area is 92.1 Å². The third kappa shape index (κ3) is 1.21. The molecule has 78 valence electrons. The predicted octanol–water partition coefficient (Wildman–Crippen LogP) is 2.46. The van der Waals surface area contributed by atoms with Gasteiger partial charge in [0.05, 0.1) is 11.7 Å². The summed E-state index contributed by atoms with van der Waals surface area (Å²) in [7, 11) is 0. The number of carbonyl (C=O) groups is 1. The average molecular weight is 210 g/mol. The summed E-state index contributed by atoms with van der Waals surface area (Å²) >= 11 is 0. The zero-order valence-corrected chi connectivity index (χ0v) is 8.60. The summed E-state index contributed by atoms with van der Waals surface area (Å²) in [6.45, 7) is 0. The molecule has 0 aliphatic carbocycles. The molecule has 3 heteroatoms. The van der Waals surface area contributed by atoms with Gasteiger partial charge >= 0.3 is 0 Å². The number of para-hydroxylation sites is 1. The van der Waals surface area contributed by atoms with Crippen LogP contribution >= 0.6 is 0 Å². The van der Waals surface area contributed by atoms with E-state index >= 15 is 0 Å². The van der Waals surface area contributed by atoms with Crippen LogP contribution in [0, 0.1) is 0 Å². The Morgan fingerprint density at radius 2 is 2.06 bits per heavy atom. The van der Waals surface area contributed by atoms with E-state index in [9.17, 15) is 4.79 Å². The SMILES string of the molecule is O=CCc1cncc2[nH]c3ccccc3c12. The Kier molecular flexibility index (Phi) is 1.96. The number of nitrogens with zero attached hydrogens (tertiary/aromatic N) is 1. The Morgan fingerprint density at radius 3 is 2.94 bits per heavy atom. The molecule has 0 amide bonds. The van der Waals surface area contributed by atoms with E-state index in [0.717, 1.165) is 33.7 Å². The van der Waals surface area contributed by atoms with Crippen LogP contribution in [0.15, 0.2) is 36.7 Å². The number of pyridine rings is 1. The van der Waals surface area contributed by atoms with Gasteiger partial charge in [0.25, 0.3) is 0 Å². The third-order valence-corrected chi connectivity index (χ3v) is 2.79. The number of H-pyrrole nitrogens is 1. The summed E-state index contributed by atoms with van der Waals surface area (Å²) < 4.78 is 0. The Morgan fingerprint density at radius 1 is 1.19 bits per heavy atom. The molecule has 0 atom stereocenters. The average Bonchev–Trinajstić information content (AvgIpc) is 2.68. The Bertz CT molecular complexity index is 670. The van der Waals surface area contributed by atoms with Crippen molar-refractivity contribution in [1.82, 2.24) is 9.97 Å². The molecule has 3 aromatic rings. The number of aromatic amines is 1. The van der Waals surface area contributed by atoms with Gasteiger partial charge in [-0.2, -0.15) is 0 Å². The van der Waals surface area contributed by atoms with Crippen molar-refractivity contribution in [3.05, 3.63) is 42.2 Å². The van der Waals surface area contributed by atoms with Gasteiger partial charge in [0.2, 0.25) is 0 Å². The number of benzene rings is 1. The number of rotatable bonds is 2. The molecule has 1 aromatic carbocycles. The molecule has 0 unspecified atom stereocenters. The van der Waals surface area contributed by atoms with Crippen LogP contribution in [0.3, 0.4) is 0 Å². The normalized spacial score (nSPS) is 11.0. The van der Waals surface area contributed by atoms with Crippen molar-refractivity contribution >= 4 is 28.1 Å². The lowest BCUT2D eigenvalue weighted by Crippen LogP contribution is -1.88. The van der Waals surface area contributed by atoms with Crippen molar-refractivity contribution in [2.75, 3.05) is 0 Å². The zero-order valence-electron chi connectivity index (χ0n) is 8.60. The van der Waals surface area contributed by atoms with Crippen molar-refractivity contribution in [3.63, 3.8) is 0 Å². The molecule has 0 radical (unpaired) electrons. The molecular formula is C13H10N2O. The molecule has 2 aromatic heterocycles. The summed E-state index contributed by atoms with van der Waals surface area (Å²) in [6.07, 6.45) is 4.88. The molecule has 0 bridgehead atoms. The van der Waals surface area contributed by atoms with Crippen molar-refractivity contribution in [2.45, 2.75) is 6.42 Å². The molecule has 16 heavy (non-hydrogen) atoms. The molecule has 3 rings (SSSR count). The van der Waals surface area contributed by atoms with Gasteiger partial charge in [-0.3, -0.25) is 4.98 Å². The van der Waals surface area contributed by atoms with E-state index in [1.807, 2.05) is 18.2 Å². The number of hydrogen-bond acceptors (Lipinski definition) is 2. The highest BCUT2D eigenvalue weighted by Crippen LogP contribution is 2.27. The Hall–Kier alpha value is -2.16. The van der Waals surface area contributed by atoms with Crippen LogP contribution in [-0.4, -0.2) is 16.3 Å². The predicted molar refractivity (Wildman–Crippen MR) is 63.4 cm³/mol. The van der Waals surface area contributed by atoms with E-state index in [4.69, 9.17) is 0 Å². The van der Waals surface area contributed by atoms with E-state index in [1.165, 1.54) is 0 Å². The smallest absolute Gasteiger partial charge is 0.124 e. The Balaban J connectivity index is 2.47. The highest BCUT2D eigenvalue weighted by Gasteiger charge is 2.07. The standard InChI is InChI=1S/C13H10N2O/c16-6-5-9-7-14-8-12-13(9)10-3-1-2-4-11(10)15-12/h1-4,6-8,15H,5H2. The van der Waals surface area contributed by atoms with Crippen LogP contribution in [0.1, 0.15) is 5.56 Å². The second-order valence-electron chi connectivity index (χ2n) is 3.76. The first-order chi connectivity index (χ1) is 7.90. The molecule has 0 saturated carbocycles. The maximum absolute atomic E-state index is 10.6. The topological polar surface area (TPSA) is 45.8 Å². The monoisotopic (exact) mass is 210 g/mol. The number of fused-ring (bicyclic) bond motifs is 3. The molecule has 0 spiro atoms. The molecule has 0 fully saturated rings.